The van der Waals surface area contributed by atoms with Crippen LogP contribution in [0.5, 0.6) is 0 Å². The molecule has 0 atom stereocenters. The van der Waals surface area contributed by atoms with E-state index < -0.39 is 0 Å². The highest BCUT2D eigenvalue weighted by molar-refractivity contribution is 9.10. The molecule has 5 heteroatoms. The van der Waals surface area contributed by atoms with E-state index >= 15 is 0 Å². The Balaban J connectivity index is 2.22. The van der Waals surface area contributed by atoms with Gasteiger partial charge in [-0.25, -0.2) is 15.0 Å². The number of aryl methyl sites for hydroxylation is 1. The van der Waals surface area contributed by atoms with Crippen LogP contribution in [0.25, 0.3) is 22.4 Å². The second-order valence-corrected chi connectivity index (χ2v) is 5.39. The van der Waals surface area contributed by atoms with Gasteiger partial charge in [-0.3, -0.25) is 0 Å². The van der Waals surface area contributed by atoms with Gasteiger partial charge >= 0.3 is 0 Å². The quantitative estimate of drug-likeness (QED) is 0.618. The van der Waals surface area contributed by atoms with Crippen LogP contribution in [0.15, 0.2) is 41.0 Å². The molecule has 3 rings (SSSR count). The van der Waals surface area contributed by atoms with Gasteiger partial charge in [0.25, 0.3) is 0 Å². The molecule has 3 aromatic rings. The largest absolute Gasteiger partial charge is 0.244 e. The third-order valence-corrected chi connectivity index (χ3v) is 3.95. The van der Waals surface area contributed by atoms with Crippen LogP contribution in [-0.2, 0) is 0 Å². The predicted octanol–water partition coefficient (Wildman–Crippen LogP) is 4.42. The average molecular weight is 335 g/mol. The van der Waals surface area contributed by atoms with Gasteiger partial charge in [-0.05, 0) is 40.5 Å². The summed E-state index contributed by atoms with van der Waals surface area (Å²) in [6, 6.07) is 9.97. The number of rotatable bonds is 1. The Bertz CT molecular complexity index is 774. The van der Waals surface area contributed by atoms with Crippen LogP contribution in [-0.4, -0.2) is 15.0 Å². The number of aromatic nitrogens is 3. The summed E-state index contributed by atoms with van der Waals surface area (Å²) in [7, 11) is 0. The molecule has 0 unspecified atom stereocenters. The topological polar surface area (TPSA) is 38.7 Å². The van der Waals surface area contributed by atoms with Crippen molar-refractivity contribution in [1.29, 1.82) is 0 Å². The number of para-hydroxylation sites is 1. The smallest absolute Gasteiger partial charge is 0.179 e. The fourth-order valence-corrected chi connectivity index (χ4v) is 2.25. The lowest BCUT2D eigenvalue weighted by Crippen LogP contribution is -1.94. The van der Waals surface area contributed by atoms with E-state index in [0.717, 1.165) is 22.2 Å². The van der Waals surface area contributed by atoms with Crippen LogP contribution in [0.3, 0.4) is 0 Å². The van der Waals surface area contributed by atoms with E-state index in [0.29, 0.717) is 15.5 Å². The zero-order valence-electron chi connectivity index (χ0n) is 10.1. The lowest BCUT2D eigenvalue weighted by molar-refractivity contribution is 1.13. The molecular formula is C14H9BrClN3. The first-order valence-corrected chi connectivity index (χ1v) is 6.87. The van der Waals surface area contributed by atoms with Gasteiger partial charge < -0.3 is 0 Å². The first-order chi connectivity index (χ1) is 9.15. The summed E-state index contributed by atoms with van der Waals surface area (Å²) in [6.07, 6.45) is 1.64. The summed E-state index contributed by atoms with van der Waals surface area (Å²) in [5.41, 5.74) is 2.80. The summed E-state index contributed by atoms with van der Waals surface area (Å²) in [6.45, 7) is 2.05. The van der Waals surface area contributed by atoms with Crippen LogP contribution < -0.4 is 0 Å². The number of benzene rings is 1. The molecule has 0 radical (unpaired) electrons. The number of hydrogen-bond acceptors (Lipinski definition) is 3. The fourth-order valence-electron chi connectivity index (χ4n) is 1.93. The van der Waals surface area contributed by atoms with Crippen molar-refractivity contribution in [1.82, 2.24) is 15.0 Å². The van der Waals surface area contributed by atoms with Crippen LogP contribution in [0, 0.1) is 6.92 Å². The molecule has 0 saturated heterocycles. The molecular weight excluding hydrogens is 326 g/mol. The maximum atomic E-state index is 6.00. The van der Waals surface area contributed by atoms with E-state index in [1.165, 1.54) is 0 Å². The number of fused-ring (bicyclic) bond motifs is 1. The third-order valence-electron chi connectivity index (χ3n) is 2.85. The zero-order chi connectivity index (χ0) is 13.4. The van der Waals surface area contributed by atoms with Crippen molar-refractivity contribution < 1.29 is 0 Å². The number of halogens is 2. The molecule has 0 saturated carbocycles. The van der Waals surface area contributed by atoms with Gasteiger partial charge in [0.1, 0.15) is 10.8 Å². The third kappa shape index (κ3) is 2.33. The standard InChI is InChI=1S/C14H9BrClN3/c1-8-6-12(14-17-7-10(15)13(16)19-14)18-11-5-3-2-4-9(8)11/h2-7H,1H3. The van der Waals surface area contributed by atoms with Gasteiger partial charge in [-0.15, -0.1) is 0 Å². The highest BCUT2D eigenvalue weighted by Gasteiger charge is 2.09. The Morgan fingerprint density at radius 3 is 2.74 bits per heavy atom. The summed E-state index contributed by atoms with van der Waals surface area (Å²) in [5.74, 6) is 0.530. The molecule has 0 aliphatic rings. The molecule has 0 aliphatic carbocycles. The zero-order valence-corrected chi connectivity index (χ0v) is 12.4. The van der Waals surface area contributed by atoms with Gasteiger partial charge in [-0.1, -0.05) is 29.8 Å². The van der Waals surface area contributed by atoms with Crippen molar-refractivity contribution in [2.24, 2.45) is 0 Å². The monoisotopic (exact) mass is 333 g/mol. The van der Waals surface area contributed by atoms with Gasteiger partial charge in [0.15, 0.2) is 5.82 Å². The van der Waals surface area contributed by atoms with E-state index in [-0.39, 0.29) is 0 Å². The van der Waals surface area contributed by atoms with Crippen LogP contribution in [0.4, 0.5) is 0 Å². The van der Waals surface area contributed by atoms with Gasteiger partial charge in [0, 0.05) is 11.6 Å². The highest BCUT2D eigenvalue weighted by atomic mass is 79.9. The molecule has 1 aromatic carbocycles. The summed E-state index contributed by atoms with van der Waals surface area (Å²) in [5, 5.41) is 1.52. The first kappa shape index (κ1) is 12.5. The summed E-state index contributed by atoms with van der Waals surface area (Å²) in [4.78, 5) is 13.1. The first-order valence-electron chi connectivity index (χ1n) is 5.70. The molecule has 0 fully saturated rings. The van der Waals surface area contributed by atoms with Crippen molar-refractivity contribution in [2.45, 2.75) is 6.92 Å². The maximum absolute atomic E-state index is 6.00. The van der Waals surface area contributed by atoms with Crippen LogP contribution in [0.1, 0.15) is 5.56 Å². The molecule has 2 heterocycles. The Labute approximate surface area is 123 Å². The van der Waals surface area contributed by atoms with Crippen molar-refractivity contribution in [3.8, 4) is 11.5 Å². The van der Waals surface area contributed by atoms with E-state index in [9.17, 15) is 0 Å². The SMILES string of the molecule is Cc1cc(-c2ncc(Br)c(Cl)n2)nc2ccccc12. The van der Waals surface area contributed by atoms with E-state index in [1.54, 1.807) is 6.20 Å². The Kier molecular flexibility index (Phi) is 3.21. The van der Waals surface area contributed by atoms with Crippen molar-refractivity contribution in [3.63, 3.8) is 0 Å². The summed E-state index contributed by atoms with van der Waals surface area (Å²) >= 11 is 9.27. The maximum Gasteiger partial charge on any atom is 0.179 e. The van der Waals surface area contributed by atoms with Gasteiger partial charge in [0.2, 0.25) is 0 Å². The second kappa shape index (κ2) is 4.87. The van der Waals surface area contributed by atoms with E-state index in [1.807, 2.05) is 31.2 Å². The van der Waals surface area contributed by atoms with Crippen molar-refractivity contribution >= 4 is 38.4 Å². The van der Waals surface area contributed by atoms with Crippen LogP contribution >= 0.6 is 27.5 Å². The minimum Gasteiger partial charge on any atom is -0.244 e. The molecule has 0 bridgehead atoms. The number of pyridine rings is 1. The molecule has 0 spiro atoms. The Morgan fingerprint density at radius 2 is 1.95 bits per heavy atom. The minimum atomic E-state index is 0.387. The number of nitrogens with zero attached hydrogens (tertiary/aromatic N) is 3. The normalized spacial score (nSPS) is 10.9. The van der Waals surface area contributed by atoms with Crippen molar-refractivity contribution in [3.05, 3.63) is 51.7 Å². The predicted molar refractivity (Wildman–Crippen MR) is 80.2 cm³/mol. The van der Waals surface area contributed by atoms with Gasteiger partial charge in [-0.2, -0.15) is 0 Å². The Morgan fingerprint density at radius 1 is 1.16 bits per heavy atom. The molecule has 94 valence electrons. The van der Waals surface area contributed by atoms with Crippen molar-refractivity contribution in [2.75, 3.05) is 0 Å². The van der Waals surface area contributed by atoms with Crippen LogP contribution in [0.2, 0.25) is 5.15 Å². The lowest BCUT2D eigenvalue weighted by Gasteiger charge is -2.06. The van der Waals surface area contributed by atoms with E-state index in [4.69, 9.17) is 11.6 Å². The fraction of sp³-hybridized carbons (Fsp3) is 0.0714. The molecule has 0 N–H and O–H groups in total. The second-order valence-electron chi connectivity index (χ2n) is 4.17. The number of hydrogen-bond donors (Lipinski definition) is 0. The highest BCUT2D eigenvalue weighted by Crippen LogP contribution is 2.25. The van der Waals surface area contributed by atoms with Gasteiger partial charge in [0.05, 0.1) is 9.99 Å². The van der Waals surface area contributed by atoms with E-state index in [2.05, 4.69) is 36.9 Å². The average Bonchev–Trinajstić information content (AvgIpc) is 2.42. The molecule has 0 amide bonds. The Hall–Kier alpha value is -1.52. The minimum absolute atomic E-state index is 0.387. The summed E-state index contributed by atoms with van der Waals surface area (Å²) < 4.78 is 0.676. The molecule has 3 nitrogen and oxygen atoms in total. The molecule has 0 aliphatic heterocycles. The molecule has 19 heavy (non-hydrogen) atoms. The molecule has 2 aromatic heterocycles. The lowest BCUT2D eigenvalue weighted by atomic mass is 10.1.